The quantitative estimate of drug-likeness (QED) is 0.866. The van der Waals surface area contributed by atoms with Crippen molar-refractivity contribution in [3.05, 3.63) is 42.1 Å². The van der Waals surface area contributed by atoms with Gasteiger partial charge in [0, 0.05) is 26.2 Å². The zero-order valence-corrected chi connectivity index (χ0v) is 14.2. The number of rotatable bonds is 5. The van der Waals surface area contributed by atoms with Crippen molar-refractivity contribution in [1.29, 1.82) is 0 Å². The van der Waals surface area contributed by atoms with Gasteiger partial charge in [-0.05, 0) is 23.8 Å². The van der Waals surface area contributed by atoms with E-state index in [9.17, 15) is 9.59 Å². The van der Waals surface area contributed by atoms with Crippen molar-refractivity contribution in [1.82, 2.24) is 15.1 Å². The third-order valence-corrected chi connectivity index (χ3v) is 4.09. The second-order valence-corrected chi connectivity index (χ2v) is 6.26. The largest absolute Gasteiger partial charge is 0.480 e. The molecule has 0 bridgehead atoms. The highest BCUT2D eigenvalue weighted by Crippen LogP contribution is 2.08. The number of carbonyl (C=O) groups is 2. The minimum Gasteiger partial charge on any atom is -0.480 e. The van der Waals surface area contributed by atoms with Gasteiger partial charge in [0.2, 0.25) is 0 Å². The van der Waals surface area contributed by atoms with Crippen molar-refractivity contribution in [3.8, 4) is 0 Å². The fourth-order valence-electron chi connectivity index (χ4n) is 2.57. The molecule has 6 nitrogen and oxygen atoms in total. The van der Waals surface area contributed by atoms with Crippen LogP contribution in [0.1, 0.15) is 19.4 Å². The Morgan fingerprint density at radius 3 is 2.29 bits per heavy atom. The summed E-state index contributed by atoms with van der Waals surface area (Å²) >= 11 is 0. The number of aliphatic carboxylic acids is 1. The van der Waals surface area contributed by atoms with Gasteiger partial charge in [0.05, 0.1) is 0 Å². The maximum Gasteiger partial charge on any atom is 0.326 e. The smallest absolute Gasteiger partial charge is 0.326 e. The molecule has 2 amide bonds. The number of nitrogens with one attached hydrogen (secondary N) is 1. The molecule has 2 N–H and O–H groups in total. The Balaban J connectivity index is 1.82. The standard InChI is InChI=1S/C18H25N3O3/c1-14(2)16(17(22)23)19-18(24)21-12-10-20(11-13-21)9-8-15-6-4-3-5-7-15/h3-9,14,16H,10-13H2,1-2H3,(H,19,24)(H,22,23). The molecule has 0 aromatic heterocycles. The molecule has 0 saturated carbocycles. The van der Waals surface area contributed by atoms with Crippen LogP contribution < -0.4 is 5.32 Å². The molecular weight excluding hydrogens is 306 g/mol. The maximum atomic E-state index is 12.2. The van der Waals surface area contributed by atoms with Gasteiger partial charge in [-0.2, -0.15) is 0 Å². The van der Waals surface area contributed by atoms with E-state index < -0.39 is 12.0 Å². The summed E-state index contributed by atoms with van der Waals surface area (Å²) in [5.41, 5.74) is 1.14. The van der Waals surface area contributed by atoms with Gasteiger partial charge in [0.15, 0.2) is 0 Å². The van der Waals surface area contributed by atoms with Crippen LogP contribution in [0.5, 0.6) is 0 Å². The first kappa shape index (κ1) is 17.8. The van der Waals surface area contributed by atoms with Crippen LogP contribution in [0, 0.1) is 5.92 Å². The first-order valence-corrected chi connectivity index (χ1v) is 8.23. The fourth-order valence-corrected chi connectivity index (χ4v) is 2.57. The maximum absolute atomic E-state index is 12.2. The number of urea groups is 1. The number of benzene rings is 1. The Morgan fingerprint density at radius 1 is 1.12 bits per heavy atom. The Bertz CT molecular complexity index is 578. The highest BCUT2D eigenvalue weighted by Gasteiger charge is 2.27. The SMILES string of the molecule is CC(C)C(NC(=O)N1CCN(C=Cc2ccccc2)CC1)C(=O)O. The van der Waals surface area contributed by atoms with E-state index in [1.165, 1.54) is 0 Å². The number of carboxylic acid groups (broad SMARTS) is 1. The molecule has 1 aromatic rings. The van der Waals surface area contributed by atoms with Gasteiger partial charge in [-0.3, -0.25) is 0 Å². The molecule has 1 aromatic carbocycles. The minimum absolute atomic E-state index is 0.151. The minimum atomic E-state index is -0.997. The molecule has 1 unspecified atom stereocenters. The van der Waals surface area contributed by atoms with Crippen molar-refractivity contribution in [2.24, 2.45) is 5.92 Å². The number of piperazine rings is 1. The van der Waals surface area contributed by atoms with E-state index in [2.05, 4.69) is 16.3 Å². The summed E-state index contributed by atoms with van der Waals surface area (Å²) < 4.78 is 0. The number of nitrogens with zero attached hydrogens (tertiary/aromatic N) is 2. The van der Waals surface area contributed by atoms with E-state index in [0.717, 1.165) is 18.7 Å². The van der Waals surface area contributed by atoms with Crippen molar-refractivity contribution in [2.75, 3.05) is 26.2 Å². The summed E-state index contributed by atoms with van der Waals surface area (Å²) in [6.07, 6.45) is 4.09. The lowest BCUT2D eigenvalue weighted by atomic mass is 10.1. The first-order chi connectivity index (χ1) is 11.5. The summed E-state index contributed by atoms with van der Waals surface area (Å²) in [7, 11) is 0. The van der Waals surface area contributed by atoms with Gasteiger partial charge in [0.1, 0.15) is 6.04 Å². The lowest BCUT2D eigenvalue weighted by Gasteiger charge is -2.35. The number of carboxylic acids is 1. The van der Waals surface area contributed by atoms with Crippen LogP contribution >= 0.6 is 0 Å². The normalized spacial score (nSPS) is 16.5. The second kappa shape index (κ2) is 8.38. The van der Waals surface area contributed by atoms with E-state index in [-0.39, 0.29) is 11.9 Å². The number of hydrogen-bond acceptors (Lipinski definition) is 3. The lowest BCUT2D eigenvalue weighted by Crippen LogP contribution is -2.54. The van der Waals surface area contributed by atoms with E-state index in [1.54, 1.807) is 18.7 Å². The molecule has 1 saturated heterocycles. The Hall–Kier alpha value is -2.50. The molecule has 1 atom stereocenters. The number of carbonyl (C=O) groups excluding carboxylic acids is 1. The fraction of sp³-hybridized carbons (Fsp3) is 0.444. The molecule has 0 spiro atoms. The van der Waals surface area contributed by atoms with E-state index in [0.29, 0.717) is 13.1 Å². The molecular formula is C18H25N3O3. The molecule has 1 heterocycles. The van der Waals surface area contributed by atoms with Gasteiger partial charge in [-0.25, -0.2) is 9.59 Å². The monoisotopic (exact) mass is 331 g/mol. The molecule has 0 aliphatic carbocycles. The molecule has 2 rings (SSSR count). The third-order valence-electron chi connectivity index (χ3n) is 4.09. The summed E-state index contributed by atoms with van der Waals surface area (Å²) in [6, 6.07) is 8.90. The average Bonchev–Trinajstić information content (AvgIpc) is 2.58. The number of amides is 2. The van der Waals surface area contributed by atoms with Crippen molar-refractivity contribution < 1.29 is 14.7 Å². The van der Waals surface area contributed by atoms with Crippen LogP contribution in [0.15, 0.2) is 36.5 Å². The number of hydrogen-bond donors (Lipinski definition) is 2. The van der Waals surface area contributed by atoms with Gasteiger partial charge < -0.3 is 20.2 Å². The van der Waals surface area contributed by atoms with Crippen LogP contribution in [0.25, 0.3) is 6.08 Å². The van der Waals surface area contributed by atoms with Crippen LogP contribution in [0.4, 0.5) is 4.79 Å². The van der Waals surface area contributed by atoms with Gasteiger partial charge in [0.25, 0.3) is 0 Å². The molecule has 24 heavy (non-hydrogen) atoms. The molecule has 1 aliphatic rings. The van der Waals surface area contributed by atoms with Crippen molar-refractivity contribution >= 4 is 18.1 Å². The van der Waals surface area contributed by atoms with Crippen molar-refractivity contribution in [2.45, 2.75) is 19.9 Å². The molecule has 130 valence electrons. The topological polar surface area (TPSA) is 72.9 Å². The lowest BCUT2D eigenvalue weighted by molar-refractivity contribution is -0.140. The Morgan fingerprint density at radius 2 is 1.75 bits per heavy atom. The zero-order valence-electron chi connectivity index (χ0n) is 14.2. The third kappa shape index (κ3) is 5.01. The van der Waals surface area contributed by atoms with Gasteiger partial charge in [-0.1, -0.05) is 44.2 Å². The predicted molar refractivity (Wildman–Crippen MR) is 93.4 cm³/mol. The van der Waals surface area contributed by atoms with Crippen LogP contribution in [-0.4, -0.2) is 59.1 Å². The summed E-state index contributed by atoms with van der Waals surface area (Å²) in [6.45, 7) is 6.19. The Kier molecular flexibility index (Phi) is 6.23. The first-order valence-electron chi connectivity index (χ1n) is 8.23. The molecule has 6 heteroatoms. The van der Waals surface area contributed by atoms with E-state index in [1.807, 2.05) is 36.5 Å². The van der Waals surface area contributed by atoms with Gasteiger partial charge in [-0.15, -0.1) is 0 Å². The van der Waals surface area contributed by atoms with Crippen molar-refractivity contribution in [3.63, 3.8) is 0 Å². The molecule has 1 fully saturated rings. The summed E-state index contributed by atoms with van der Waals surface area (Å²) in [5, 5.41) is 11.8. The average molecular weight is 331 g/mol. The highest BCUT2D eigenvalue weighted by atomic mass is 16.4. The van der Waals surface area contributed by atoms with Crippen LogP contribution in [-0.2, 0) is 4.79 Å². The predicted octanol–water partition coefficient (Wildman–Crippen LogP) is 2.09. The zero-order chi connectivity index (χ0) is 17.5. The second-order valence-electron chi connectivity index (χ2n) is 6.26. The molecule has 0 radical (unpaired) electrons. The summed E-state index contributed by atoms with van der Waals surface area (Å²) in [4.78, 5) is 27.2. The summed E-state index contributed by atoms with van der Waals surface area (Å²) in [5.74, 6) is -1.15. The molecule has 1 aliphatic heterocycles. The Labute approximate surface area is 142 Å². The van der Waals surface area contributed by atoms with Gasteiger partial charge >= 0.3 is 12.0 Å². The van der Waals surface area contributed by atoms with Crippen LogP contribution in [0.3, 0.4) is 0 Å². The highest BCUT2D eigenvalue weighted by molar-refractivity contribution is 5.82. The van der Waals surface area contributed by atoms with E-state index >= 15 is 0 Å². The van der Waals surface area contributed by atoms with Crippen LogP contribution in [0.2, 0.25) is 0 Å². The van der Waals surface area contributed by atoms with E-state index in [4.69, 9.17) is 5.11 Å².